The lowest BCUT2D eigenvalue weighted by molar-refractivity contribution is 0.583. The van der Waals surface area contributed by atoms with Crippen molar-refractivity contribution in [1.29, 1.82) is 0 Å². The number of benzene rings is 1. The largest absolute Gasteiger partial charge is 0.334 e. The van der Waals surface area contributed by atoms with Gasteiger partial charge in [-0.25, -0.2) is 4.98 Å². The molecule has 5 nitrogen and oxygen atoms in total. The minimum atomic E-state index is -3.54. The Hall–Kier alpha value is -1.82. The van der Waals surface area contributed by atoms with Gasteiger partial charge < -0.3 is 4.98 Å². The lowest BCUT2D eigenvalue weighted by Gasteiger charge is -2.31. The van der Waals surface area contributed by atoms with E-state index in [0.29, 0.717) is 6.54 Å². The number of imidazole rings is 1. The molecule has 1 aromatic heterocycles. The number of aromatic nitrogens is 2. The van der Waals surface area contributed by atoms with Crippen LogP contribution in [0, 0.1) is 6.92 Å². The van der Waals surface area contributed by atoms with Crippen LogP contribution in [0.25, 0.3) is 0 Å². The molecule has 1 aliphatic rings. The van der Waals surface area contributed by atoms with Crippen molar-refractivity contribution in [2.45, 2.75) is 24.8 Å². The SMILES string of the molecule is Cc1cccc2c1N(S(=O)(=O)c1cnc[nH]1)CCC2. The molecule has 1 aromatic carbocycles. The second kappa shape index (κ2) is 4.38. The number of aromatic amines is 1. The van der Waals surface area contributed by atoms with Crippen LogP contribution in [0.2, 0.25) is 0 Å². The molecule has 0 radical (unpaired) electrons. The van der Waals surface area contributed by atoms with E-state index in [1.54, 1.807) is 0 Å². The highest BCUT2D eigenvalue weighted by Crippen LogP contribution is 2.34. The third-order valence-corrected chi connectivity index (χ3v) is 5.14. The average Bonchev–Trinajstić information content (AvgIpc) is 2.93. The molecule has 100 valence electrons. The highest BCUT2D eigenvalue weighted by atomic mass is 32.2. The Morgan fingerprint density at radius 1 is 1.37 bits per heavy atom. The molecule has 0 aliphatic carbocycles. The summed E-state index contributed by atoms with van der Waals surface area (Å²) in [4.78, 5) is 6.48. The number of para-hydroxylation sites is 1. The zero-order valence-electron chi connectivity index (χ0n) is 10.6. The summed E-state index contributed by atoms with van der Waals surface area (Å²) in [5.41, 5.74) is 2.90. The Morgan fingerprint density at radius 3 is 2.95 bits per heavy atom. The molecule has 1 aliphatic heterocycles. The Bertz CT molecular complexity index is 693. The number of sulfonamides is 1. The van der Waals surface area contributed by atoms with E-state index in [4.69, 9.17) is 0 Å². The first-order valence-electron chi connectivity index (χ1n) is 6.20. The fraction of sp³-hybridized carbons (Fsp3) is 0.308. The van der Waals surface area contributed by atoms with Gasteiger partial charge in [0.25, 0.3) is 10.0 Å². The van der Waals surface area contributed by atoms with E-state index in [1.807, 2.05) is 25.1 Å². The average molecular weight is 277 g/mol. The zero-order valence-corrected chi connectivity index (χ0v) is 11.4. The van der Waals surface area contributed by atoms with Crippen molar-refractivity contribution >= 4 is 15.7 Å². The highest BCUT2D eigenvalue weighted by Gasteiger charge is 2.30. The maximum atomic E-state index is 12.6. The number of fused-ring (bicyclic) bond motifs is 1. The predicted molar refractivity (Wildman–Crippen MR) is 72.6 cm³/mol. The van der Waals surface area contributed by atoms with Crippen molar-refractivity contribution in [3.63, 3.8) is 0 Å². The molecule has 0 fully saturated rings. The molecule has 0 bridgehead atoms. The van der Waals surface area contributed by atoms with Gasteiger partial charge in [-0.2, -0.15) is 8.42 Å². The smallest absolute Gasteiger partial charge is 0.281 e. The summed E-state index contributed by atoms with van der Waals surface area (Å²) in [6.07, 6.45) is 4.49. The second-order valence-electron chi connectivity index (χ2n) is 4.68. The summed E-state index contributed by atoms with van der Waals surface area (Å²) in [7, 11) is -3.54. The van der Waals surface area contributed by atoms with Gasteiger partial charge in [0.05, 0.1) is 18.2 Å². The number of anilines is 1. The molecular weight excluding hydrogens is 262 g/mol. The van der Waals surface area contributed by atoms with Crippen LogP contribution in [0.5, 0.6) is 0 Å². The maximum absolute atomic E-state index is 12.6. The van der Waals surface area contributed by atoms with Crippen molar-refractivity contribution in [3.8, 4) is 0 Å². The molecule has 0 unspecified atom stereocenters. The van der Waals surface area contributed by atoms with Gasteiger partial charge in [-0.15, -0.1) is 0 Å². The number of nitrogens with zero attached hydrogens (tertiary/aromatic N) is 2. The van der Waals surface area contributed by atoms with Gasteiger partial charge in [0, 0.05) is 6.54 Å². The molecule has 3 rings (SSSR count). The van der Waals surface area contributed by atoms with Crippen LogP contribution in [-0.2, 0) is 16.4 Å². The number of hydrogen-bond donors (Lipinski definition) is 1. The Morgan fingerprint density at radius 2 is 2.21 bits per heavy atom. The summed E-state index contributed by atoms with van der Waals surface area (Å²) < 4.78 is 26.7. The van der Waals surface area contributed by atoms with Gasteiger partial charge in [0.15, 0.2) is 5.03 Å². The minimum absolute atomic E-state index is 0.142. The first-order chi connectivity index (χ1) is 9.10. The first-order valence-corrected chi connectivity index (χ1v) is 7.64. The third kappa shape index (κ3) is 1.92. The first kappa shape index (κ1) is 12.2. The van der Waals surface area contributed by atoms with Crippen molar-refractivity contribution < 1.29 is 8.42 Å². The van der Waals surface area contributed by atoms with E-state index in [9.17, 15) is 8.42 Å². The highest BCUT2D eigenvalue weighted by molar-refractivity contribution is 7.92. The normalized spacial score (nSPS) is 15.3. The third-order valence-electron chi connectivity index (χ3n) is 3.42. The van der Waals surface area contributed by atoms with Gasteiger partial charge in [-0.3, -0.25) is 4.31 Å². The Labute approximate surface area is 112 Å². The number of nitrogens with one attached hydrogen (secondary N) is 1. The van der Waals surface area contributed by atoms with Gasteiger partial charge in [-0.05, 0) is 30.9 Å². The monoisotopic (exact) mass is 277 g/mol. The predicted octanol–water partition coefficient (Wildman–Crippen LogP) is 1.86. The molecule has 6 heteroatoms. The number of hydrogen-bond acceptors (Lipinski definition) is 3. The molecule has 19 heavy (non-hydrogen) atoms. The number of H-pyrrole nitrogens is 1. The van der Waals surface area contributed by atoms with E-state index in [2.05, 4.69) is 9.97 Å². The van der Waals surface area contributed by atoms with Crippen molar-refractivity contribution in [2.75, 3.05) is 10.8 Å². The summed E-state index contributed by atoms with van der Waals surface area (Å²) in [5, 5.41) is 0.142. The molecule has 0 saturated heterocycles. The summed E-state index contributed by atoms with van der Waals surface area (Å²) in [6, 6.07) is 5.91. The summed E-state index contributed by atoms with van der Waals surface area (Å²) in [6.45, 7) is 2.46. The van der Waals surface area contributed by atoms with E-state index in [-0.39, 0.29) is 5.03 Å². The quantitative estimate of drug-likeness (QED) is 0.911. The van der Waals surface area contributed by atoms with Gasteiger partial charge >= 0.3 is 0 Å². The van der Waals surface area contributed by atoms with Crippen LogP contribution in [0.15, 0.2) is 35.7 Å². The van der Waals surface area contributed by atoms with Gasteiger partial charge in [0.1, 0.15) is 0 Å². The fourth-order valence-electron chi connectivity index (χ4n) is 2.55. The summed E-state index contributed by atoms with van der Waals surface area (Å²) in [5.74, 6) is 0. The number of rotatable bonds is 2. The summed E-state index contributed by atoms with van der Waals surface area (Å²) >= 11 is 0. The number of aryl methyl sites for hydroxylation is 2. The molecule has 0 spiro atoms. The fourth-order valence-corrected chi connectivity index (χ4v) is 4.05. The Balaban J connectivity index is 2.15. The van der Waals surface area contributed by atoms with E-state index in [1.165, 1.54) is 16.8 Å². The lowest BCUT2D eigenvalue weighted by Crippen LogP contribution is -2.36. The van der Waals surface area contributed by atoms with Crippen molar-refractivity contribution in [1.82, 2.24) is 9.97 Å². The van der Waals surface area contributed by atoms with Crippen LogP contribution in [0.1, 0.15) is 17.5 Å². The van der Waals surface area contributed by atoms with Crippen LogP contribution in [0.3, 0.4) is 0 Å². The van der Waals surface area contributed by atoms with E-state index < -0.39 is 10.0 Å². The van der Waals surface area contributed by atoms with Crippen molar-refractivity contribution in [2.24, 2.45) is 0 Å². The molecule has 1 N–H and O–H groups in total. The van der Waals surface area contributed by atoms with Crippen LogP contribution >= 0.6 is 0 Å². The van der Waals surface area contributed by atoms with E-state index >= 15 is 0 Å². The second-order valence-corrected chi connectivity index (χ2v) is 6.51. The van der Waals surface area contributed by atoms with Crippen LogP contribution in [-0.4, -0.2) is 24.9 Å². The van der Waals surface area contributed by atoms with Crippen LogP contribution in [0.4, 0.5) is 5.69 Å². The Kier molecular flexibility index (Phi) is 2.82. The maximum Gasteiger partial charge on any atom is 0.281 e. The molecule has 2 aromatic rings. The lowest BCUT2D eigenvalue weighted by atomic mass is 10.0. The molecule has 0 atom stereocenters. The molecule has 0 amide bonds. The zero-order chi connectivity index (χ0) is 13.5. The molecule has 0 saturated carbocycles. The van der Waals surface area contributed by atoms with Gasteiger partial charge in [0.2, 0.25) is 0 Å². The minimum Gasteiger partial charge on any atom is -0.334 e. The molecular formula is C13H15N3O2S. The topological polar surface area (TPSA) is 66.1 Å². The van der Waals surface area contributed by atoms with Gasteiger partial charge in [-0.1, -0.05) is 18.2 Å². The van der Waals surface area contributed by atoms with Crippen LogP contribution < -0.4 is 4.31 Å². The van der Waals surface area contributed by atoms with Crippen molar-refractivity contribution in [3.05, 3.63) is 41.9 Å². The van der Waals surface area contributed by atoms with E-state index in [0.717, 1.165) is 29.7 Å². The standard InChI is InChI=1S/C13H15N3O2S/c1-10-4-2-5-11-6-3-7-16(13(10)11)19(17,18)12-8-14-9-15-12/h2,4-5,8-9H,3,6-7H2,1H3,(H,14,15). The molecule has 2 heterocycles.